The molecule has 0 aliphatic heterocycles. The van der Waals surface area contributed by atoms with Crippen LogP contribution in [-0.4, -0.2) is 5.11 Å². The Bertz CT molecular complexity index is 309. The summed E-state index contributed by atoms with van der Waals surface area (Å²) in [6.07, 6.45) is 7.06. The van der Waals surface area contributed by atoms with Gasteiger partial charge in [-0.05, 0) is 31.0 Å². The van der Waals surface area contributed by atoms with Gasteiger partial charge in [-0.2, -0.15) is 0 Å². The van der Waals surface area contributed by atoms with Gasteiger partial charge in [0, 0.05) is 5.92 Å². The van der Waals surface area contributed by atoms with Crippen molar-refractivity contribution in [3.05, 3.63) is 54.6 Å². The molecule has 1 atom stereocenters. The third-order valence-electron chi connectivity index (χ3n) is 2.23. The van der Waals surface area contributed by atoms with Gasteiger partial charge in [0.1, 0.15) is 5.75 Å². The van der Waals surface area contributed by atoms with Crippen LogP contribution < -0.4 is 0 Å². The molecule has 0 saturated heterocycles. The van der Waals surface area contributed by atoms with Crippen molar-refractivity contribution in [3.8, 4) is 5.75 Å². The number of benzene rings is 1. The molecular weight excluding hydrogens is 172 g/mol. The van der Waals surface area contributed by atoms with E-state index in [2.05, 4.69) is 12.7 Å². The standard InChI is InChI=1S/C13H16O/c1-3-5-6-11(4-2)12-7-9-13(14)10-8-12/h3-5,7-11,14H,2,6H2,1H3/b5-3-. The third kappa shape index (κ3) is 2.77. The van der Waals surface area contributed by atoms with Crippen LogP contribution in [0.5, 0.6) is 5.75 Å². The minimum absolute atomic E-state index is 0.308. The lowest BCUT2D eigenvalue weighted by molar-refractivity contribution is 0.475. The number of rotatable bonds is 4. The van der Waals surface area contributed by atoms with Crippen LogP contribution in [0.25, 0.3) is 0 Å². The summed E-state index contributed by atoms with van der Waals surface area (Å²) in [5.74, 6) is 0.648. The molecule has 0 radical (unpaired) electrons. The zero-order valence-corrected chi connectivity index (χ0v) is 8.48. The molecule has 0 bridgehead atoms. The summed E-state index contributed by atoms with van der Waals surface area (Å²) < 4.78 is 0. The van der Waals surface area contributed by atoms with Gasteiger partial charge in [0.2, 0.25) is 0 Å². The lowest BCUT2D eigenvalue weighted by atomic mass is 9.96. The molecule has 1 aromatic carbocycles. The van der Waals surface area contributed by atoms with Crippen LogP contribution in [0.1, 0.15) is 24.8 Å². The molecule has 74 valence electrons. The molecule has 1 unspecified atom stereocenters. The van der Waals surface area contributed by atoms with E-state index in [0.717, 1.165) is 6.42 Å². The molecule has 1 heteroatoms. The van der Waals surface area contributed by atoms with Crippen LogP contribution in [0.3, 0.4) is 0 Å². The van der Waals surface area contributed by atoms with E-state index in [1.54, 1.807) is 12.1 Å². The molecule has 0 aliphatic rings. The van der Waals surface area contributed by atoms with E-state index in [1.165, 1.54) is 5.56 Å². The largest absolute Gasteiger partial charge is 0.508 e. The van der Waals surface area contributed by atoms with Crippen LogP contribution in [-0.2, 0) is 0 Å². The average molecular weight is 188 g/mol. The minimum Gasteiger partial charge on any atom is -0.508 e. The van der Waals surface area contributed by atoms with Crippen LogP contribution in [0, 0.1) is 0 Å². The van der Waals surface area contributed by atoms with Crippen molar-refractivity contribution in [2.75, 3.05) is 0 Å². The van der Waals surface area contributed by atoms with Crippen LogP contribution in [0.15, 0.2) is 49.1 Å². The summed E-state index contributed by atoms with van der Waals surface area (Å²) in [5, 5.41) is 9.15. The number of phenols is 1. The van der Waals surface area contributed by atoms with Gasteiger partial charge in [-0.1, -0.05) is 30.4 Å². The quantitative estimate of drug-likeness (QED) is 0.715. The second-order valence-corrected chi connectivity index (χ2v) is 3.24. The first-order chi connectivity index (χ1) is 6.77. The maximum Gasteiger partial charge on any atom is 0.115 e. The lowest BCUT2D eigenvalue weighted by Crippen LogP contribution is -1.92. The predicted octanol–water partition coefficient (Wildman–Crippen LogP) is 3.63. The SMILES string of the molecule is C=CC(C/C=C\C)c1ccc(O)cc1. The molecule has 1 rings (SSSR count). The van der Waals surface area contributed by atoms with E-state index in [-0.39, 0.29) is 0 Å². The van der Waals surface area contributed by atoms with E-state index >= 15 is 0 Å². The van der Waals surface area contributed by atoms with Gasteiger partial charge in [-0.15, -0.1) is 6.58 Å². The zero-order chi connectivity index (χ0) is 10.4. The van der Waals surface area contributed by atoms with Crippen molar-refractivity contribution in [2.45, 2.75) is 19.3 Å². The maximum atomic E-state index is 9.15. The Morgan fingerprint density at radius 1 is 1.36 bits per heavy atom. The minimum atomic E-state index is 0.308. The summed E-state index contributed by atoms with van der Waals surface area (Å²) in [6, 6.07) is 7.29. The zero-order valence-electron chi connectivity index (χ0n) is 8.48. The second kappa shape index (κ2) is 5.28. The smallest absolute Gasteiger partial charge is 0.115 e. The van der Waals surface area contributed by atoms with Gasteiger partial charge in [-0.3, -0.25) is 0 Å². The molecule has 0 aromatic heterocycles. The number of phenolic OH excluding ortho intramolecular Hbond substituents is 1. The molecule has 1 N–H and O–H groups in total. The van der Waals surface area contributed by atoms with Gasteiger partial charge in [0.25, 0.3) is 0 Å². The Hall–Kier alpha value is -1.50. The first-order valence-corrected chi connectivity index (χ1v) is 4.80. The van der Waals surface area contributed by atoms with Crippen molar-refractivity contribution in [1.82, 2.24) is 0 Å². The molecule has 1 nitrogen and oxygen atoms in total. The first-order valence-electron chi connectivity index (χ1n) is 4.80. The van der Waals surface area contributed by atoms with Gasteiger partial charge >= 0.3 is 0 Å². The van der Waals surface area contributed by atoms with Gasteiger partial charge < -0.3 is 5.11 Å². The number of allylic oxidation sites excluding steroid dienone is 3. The molecule has 14 heavy (non-hydrogen) atoms. The average Bonchev–Trinajstić information content (AvgIpc) is 2.21. The van der Waals surface area contributed by atoms with Crippen molar-refractivity contribution in [3.63, 3.8) is 0 Å². The highest BCUT2D eigenvalue weighted by atomic mass is 16.3. The third-order valence-corrected chi connectivity index (χ3v) is 2.23. The number of aromatic hydroxyl groups is 1. The highest BCUT2D eigenvalue weighted by Crippen LogP contribution is 2.23. The maximum absolute atomic E-state index is 9.15. The summed E-state index contributed by atoms with van der Waals surface area (Å²) in [6.45, 7) is 5.83. The fourth-order valence-corrected chi connectivity index (χ4v) is 1.37. The normalized spacial score (nSPS) is 12.9. The molecular formula is C13H16O. The van der Waals surface area contributed by atoms with Crippen LogP contribution >= 0.6 is 0 Å². The molecule has 0 spiro atoms. The highest BCUT2D eigenvalue weighted by molar-refractivity contribution is 5.30. The molecule has 0 heterocycles. The summed E-state index contributed by atoms with van der Waals surface area (Å²) in [4.78, 5) is 0. The van der Waals surface area contributed by atoms with Crippen molar-refractivity contribution < 1.29 is 5.11 Å². The van der Waals surface area contributed by atoms with Gasteiger partial charge in [0.15, 0.2) is 0 Å². The Labute approximate surface area is 85.4 Å². The first kappa shape index (κ1) is 10.6. The van der Waals surface area contributed by atoms with Gasteiger partial charge in [0.05, 0.1) is 0 Å². The Morgan fingerprint density at radius 2 is 2.00 bits per heavy atom. The van der Waals surface area contributed by atoms with Crippen LogP contribution in [0.4, 0.5) is 0 Å². The topological polar surface area (TPSA) is 20.2 Å². The monoisotopic (exact) mass is 188 g/mol. The number of hydrogen-bond donors (Lipinski definition) is 1. The van der Waals surface area contributed by atoms with Crippen LogP contribution in [0.2, 0.25) is 0 Å². The lowest BCUT2D eigenvalue weighted by Gasteiger charge is -2.10. The van der Waals surface area contributed by atoms with E-state index in [4.69, 9.17) is 5.11 Å². The fraction of sp³-hybridized carbons (Fsp3) is 0.231. The summed E-state index contributed by atoms with van der Waals surface area (Å²) in [7, 11) is 0. The summed E-state index contributed by atoms with van der Waals surface area (Å²) >= 11 is 0. The predicted molar refractivity (Wildman–Crippen MR) is 60.5 cm³/mol. The Kier molecular flexibility index (Phi) is 3.99. The molecule has 0 saturated carbocycles. The van der Waals surface area contributed by atoms with Gasteiger partial charge in [-0.25, -0.2) is 0 Å². The fourth-order valence-electron chi connectivity index (χ4n) is 1.37. The Balaban J connectivity index is 2.78. The van der Waals surface area contributed by atoms with Crippen molar-refractivity contribution >= 4 is 0 Å². The second-order valence-electron chi connectivity index (χ2n) is 3.24. The highest BCUT2D eigenvalue weighted by Gasteiger charge is 2.04. The van der Waals surface area contributed by atoms with E-state index in [1.807, 2.05) is 31.2 Å². The van der Waals surface area contributed by atoms with E-state index in [0.29, 0.717) is 11.7 Å². The molecule has 1 aromatic rings. The van der Waals surface area contributed by atoms with E-state index < -0.39 is 0 Å². The molecule has 0 fully saturated rings. The van der Waals surface area contributed by atoms with E-state index in [9.17, 15) is 0 Å². The molecule has 0 amide bonds. The van der Waals surface area contributed by atoms with Crippen molar-refractivity contribution in [1.29, 1.82) is 0 Å². The molecule has 0 aliphatic carbocycles. The summed E-state index contributed by atoms with van der Waals surface area (Å²) in [5.41, 5.74) is 1.19. The Morgan fingerprint density at radius 3 is 2.50 bits per heavy atom. The number of hydrogen-bond acceptors (Lipinski definition) is 1. The van der Waals surface area contributed by atoms with Crippen molar-refractivity contribution in [2.24, 2.45) is 0 Å².